The third-order valence-corrected chi connectivity index (χ3v) is 5.46. The minimum Gasteiger partial charge on any atom is -0.493 e. The standard InChI is InChI=1S/C16H16ClNO2.C11H13NO/c1-2-8-20-15-7-6-12(10-14(15)16(18)19)11-4-3-5-13(17)9-11;1-12-8-9(6-7-13)10-4-2-3-5-11(10)12/h3-7,9-10H,2,8H2,1H3,(H2,18,19);2-5,8,13H,6-7H2,1H3. The van der Waals surface area contributed by atoms with Gasteiger partial charge in [0.25, 0.3) is 5.91 Å². The van der Waals surface area contributed by atoms with E-state index in [1.54, 1.807) is 18.2 Å². The molecule has 0 aliphatic heterocycles. The molecule has 0 unspecified atom stereocenters. The Hall–Kier alpha value is -3.28. The van der Waals surface area contributed by atoms with Gasteiger partial charge in [-0.05, 0) is 59.9 Å². The molecule has 0 atom stereocenters. The van der Waals surface area contributed by atoms with Crippen molar-refractivity contribution in [3.8, 4) is 16.9 Å². The Bertz CT molecular complexity index is 1230. The first kappa shape index (κ1) is 24.4. The molecule has 0 spiro atoms. The number of ether oxygens (including phenoxy) is 1. The quantitative estimate of drug-likeness (QED) is 0.373. The number of carbonyl (C=O) groups is 1. The molecule has 1 aromatic heterocycles. The van der Waals surface area contributed by atoms with Crippen LogP contribution in [-0.2, 0) is 13.5 Å². The molecule has 172 valence electrons. The van der Waals surface area contributed by atoms with E-state index < -0.39 is 5.91 Å². The number of rotatable bonds is 7. The van der Waals surface area contributed by atoms with Crippen molar-refractivity contribution in [3.63, 3.8) is 0 Å². The van der Waals surface area contributed by atoms with Crippen LogP contribution in [0, 0.1) is 0 Å². The van der Waals surface area contributed by atoms with Gasteiger partial charge in [0.2, 0.25) is 0 Å². The number of halogens is 1. The summed E-state index contributed by atoms with van der Waals surface area (Å²) in [5, 5.41) is 10.8. The molecule has 3 N–H and O–H groups in total. The van der Waals surface area contributed by atoms with E-state index in [2.05, 4.69) is 22.9 Å². The van der Waals surface area contributed by atoms with Crippen LogP contribution in [0.25, 0.3) is 22.0 Å². The zero-order valence-electron chi connectivity index (χ0n) is 18.9. The van der Waals surface area contributed by atoms with E-state index in [4.69, 9.17) is 27.2 Å². The molecule has 33 heavy (non-hydrogen) atoms. The summed E-state index contributed by atoms with van der Waals surface area (Å²) in [6.45, 7) is 2.77. The highest BCUT2D eigenvalue weighted by atomic mass is 35.5. The Labute approximate surface area is 199 Å². The van der Waals surface area contributed by atoms with E-state index in [1.807, 2.05) is 50.4 Å². The molecule has 6 heteroatoms. The van der Waals surface area contributed by atoms with Crippen molar-refractivity contribution in [1.29, 1.82) is 0 Å². The van der Waals surface area contributed by atoms with Gasteiger partial charge >= 0.3 is 0 Å². The lowest BCUT2D eigenvalue weighted by atomic mass is 10.0. The topological polar surface area (TPSA) is 77.5 Å². The Balaban J connectivity index is 0.000000203. The molecule has 3 aromatic carbocycles. The molecule has 1 amide bonds. The lowest BCUT2D eigenvalue weighted by Gasteiger charge is -2.11. The molecule has 0 fully saturated rings. The van der Waals surface area contributed by atoms with Crippen molar-refractivity contribution < 1.29 is 14.6 Å². The Kier molecular flexibility index (Phi) is 8.52. The fraction of sp³-hybridized carbons (Fsp3) is 0.222. The second kappa shape index (κ2) is 11.5. The number of aliphatic hydroxyl groups excluding tert-OH is 1. The number of amides is 1. The summed E-state index contributed by atoms with van der Waals surface area (Å²) in [4.78, 5) is 11.6. The van der Waals surface area contributed by atoms with Crippen LogP contribution in [0.15, 0.2) is 72.9 Å². The molecule has 1 heterocycles. The maximum absolute atomic E-state index is 11.6. The van der Waals surface area contributed by atoms with Crippen LogP contribution < -0.4 is 10.5 Å². The SMILES string of the molecule is CCCOc1ccc(-c2cccc(Cl)c2)cc1C(N)=O.Cn1cc(CCO)c2ccccc21. The zero-order valence-corrected chi connectivity index (χ0v) is 19.7. The molecular weight excluding hydrogens is 436 g/mol. The molecule has 4 aromatic rings. The first-order valence-electron chi connectivity index (χ1n) is 10.9. The van der Waals surface area contributed by atoms with E-state index in [0.29, 0.717) is 22.9 Å². The van der Waals surface area contributed by atoms with Gasteiger partial charge in [-0.3, -0.25) is 4.79 Å². The summed E-state index contributed by atoms with van der Waals surface area (Å²) >= 11 is 5.98. The van der Waals surface area contributed by atoms with Crippen LogP contribution in [0.3, 0.4) is 0 Å². The van der Waals surface area contributed by atoms with E-state index in [1.165, 1.54) is 16.5 Å². The van der Waals surface area contributed by atoms with Crippen LogP contribution in [0.4, 0.5) is 0 Å². The van der Waals surface area contributed by atoms with Gasteiger partial charge in [0.1, 0.15) is 5.75 Å². The minimum absolute atomic E-state index is 0.216. The second-order valence-electron chi connectivity index (χ2n) is 7.69. The Morgan fingerprint density at radius 2 is 1.82 bits per heavy atom. The number of aryl methyl sites for hydroxylation is 1. The van der Waals surface area contributed by atoms with Crippen LogP contribution >= 0.6 is 11.6 Å². The minimum atomic E-state index is -0.500. The number of hydrogen-bond donors (Lipinski definition) is 2. The molecule has 0 radical (unpaired) electrons. The summed E-state index contributed by atoms with van der Waals surface area (Å²) in [6.07, 6.45) is 3.69. The Morgan fingerprint density at radius 1 is 1.06 bits per heavy atom. The zero-order chi connectivity index (χ0) is 23.8. The molecule has 0 aliphatic carbocycles. The normalized spacial score (nSPS) is 10.5. The van der Waals surface area contributed by atoms with E-state index in [9.17, 15) is 4.79 Å². The number of carbonyl (C=O) groups excluding carboxylic acids is 1. The van der Waals surface area contributed by atoms with Crippen molar-refractivity contribution in [2.45, 2.75) is 19.8 Å². The van der Waals surface area contributed by atoms with Crippen molar-refractivity contribution in [2.75, 3.05) is 13.2 Å². The van der Waals surface area contributed by atoms with Crippen LogP contribution in [0.5, 0.6) is 5.75 Å². The molecule has 4 rings (SSSR count). The Morgan fingerprint density at radius 3 is 2.52 bits per heavy atom. The summed E-state index contributed by atoms with van der Waals surface area (Å²) in [5.41, 5.74) is 10.1. The monoisotopic (exact) mass is 464 g/mol. The van der Waals surface area contributed by atoms with Crippen molar-refractivity contribution in [2.24, 2.45) is 12.8 Å². The number of nitrogens with two attached hydrogens (primary N) is 1. The smallest absolute Gasteiger partial charge is 0.252 e. The van der Waals surface area contributed by atoms with Crippen LogP contribution in [-0.4, -0.2) is 28.8 Å². The number of aliphatic hydroxyl groups is 1. The molecule has 0 saturated heterocycles. The van der Waals surface area contributed by atoms with E-state index in [-0.39, 0.29) is 6.61 Å². The maximum atomic E-state index is 11.6. The summed E-state index contributed by atoms with van der Waals surface area (Å²) in [7, 11) is 2.03. The number of hydrogen-bond acceptors (Lipinski definition) is 3. The highest BCUT2D eigenvalue weighted by Gasteiger charge is 2.11. The van der Waals surface area contributed by atoms with Crippen LogP contribution in [0.2, 0.25) is 5.02 Å². The van der Waals surface area contributed by atoms with Crippen molar-refractivity contribution in [3.05, 3.63) is 89.1 Å². The van der Waals surface area contributed by atoms with Crippen molar-refractivity contribution in [1.82, 2.24) is 4.57 Å². The number of nitrogens with zero attached hydrogens (tertiary/aromatic N) is 1. The predicted octanol–water partition coefficient (Wildman–Crippen LogP) is 5.61. The van der Waals surface area contributed by atoms with Gasteiger partial charge in [-0.1, -0.05) is 54.9 Å². The summed E-state index contributed by atoms with van der Waals surface area (Å²) in [6, 6.07) is 21.1. The second-order valence-corrected chi connectivity index (χ2v) is 8.13. The third-order valence-electron chi connectivity index (χ3n) is 5.23. The number of fused-ring (bicyclic) bond motifs is 1. The van der Waals surface area contributed by atoms with Crippen molar-refractivity contribution >= 4 is 28.4 Å². The van der Waals surface area contributed by atoms with Gasteiger partial charge in [0.05, 0.1) is 12.2 Å². The average molecular weight is 465 g/mol. The highest BCUT2D eigenvalue weighted by Crippen LogP contribution is 2.28. The molecule has 0 bridgehead atoms. The molecule has 5 nitrogen and oxygen atoms in total. The van der Waals surface area contributed by atoms with Gasteiger partial charge in [-0.15, -0.1) is 0 Å². The third kappa shape index (κ3) is 6.15. The fourth-order valence-corrected chi connectivity index (χ4v) is 3.84. The first-order valence-corrected chi connectivity index (χ1v) is 11.3. The van der Waals surface area contributed by atoms with E-state index >= 15 is 0 Å². The predicted molar refractivity (Wildman–Crippen MR) is 135 cm³/mol. The molecule has 0 saturated carbocycles. The summed E-state index contributed by atoms with van der Waals surface area (Å²) in [5.74, 6) is 0.0186. The molecular formula is C27H29ClN2O3. The number of para-hydroxylation sites is 1. The lowest BCUT2D eigenvalue weighted by Crippen LogP contribution is -2.13. The van der Waals surface area contributed by atoms with E-state index in [0.717, 1.165) is 24.0 Å². The van der Waals surface area contributed by atoms with Gasteiger partial charge < -0.3 is 20.1 Å². The number of benzene rings is 3. The van der Waals surface area contributed by atoms with Gasteiger partial charge in [0, 0.05) is 35.8 Å². The van der Waals surface area contributed by atoms with Gasteiger partial charge in [-0.2, -0.15) is 0 Å². The first-order chi connectivity index (χ1) is 15.9. The number of primary amides is 1. The average Bonchev–Trinajstić information content (AvgIpc) is 3.14. The molecule has 0 aliphatic rings. The summed E-state index contributed by atoms with van der Waals surface area (Å²) < 4.78 is 7.63. The largest absolute Gasteiger partial charge is 0.493 e. The van der Waals surface area contributed by atoms with Gasteiger partial charge in [0.15, 0.2) is 0 Å². The highest BCUT2D eigenvalue weighted by molar-refractivity contribution is 6.30. The maximum Gasteiger partial charge on any atom is 0.252 e. The van der Waals surface area contributed by atoms with Crippen LogP contribution in [0.1, 0.15) is 29.3 Å². The fourth-order valence-electron chi connectivity index (χ4n) is 3.65. The lowest BCUT2D eigenvalue weighted by molar-refractivity contribution is 0.0996. The van der Waals surface area contributed by atoms with Gasteiger partial charge in [-0.25, -0.2) is 0 Å². The number of aromatic nitrogens is 1.